The predicted octanol–water partition coefficient (Wildman–Crippen LogP) is 5.64. The van der Waals surface area contributed by atoms with Gasteiger partial charge in [-0.25, -0.2) is 23.4 Å². The molecule has 1 aromatic carbocycles. The fourth-order valence-corrected chi connectivity index (χ4v) is 5.84. The van der Waals surface area contributed by atoms with Crippen molar-refractivity contribution in [2.75, 3.05) is 6.61 Å². The molecule has 5 rings (SSSR count). The normalized spacial score (nSPS) is 21.3. The number of carbonyl (C=O) groups excluding carboxylic acids is 1. The highest BCUT2D eigenvalue weighted by atomic mass is 35.5. The lowest BCUT2D eigenvalue weighted by Gasteiger charge is -2.34. The van der Waals surface area contributed by atoms with E-state index in [1.54, 1.807) is 18.5 Å². The van der Waals surface area contributed by atoms with Gasteiger partial charge in [-0.15, -0.1) is 11.3 Å². The van der Waals surface area contributed by atoms with Gasteiger partial charge in [-0.1, -0.05) is 22.8 Å². The lowest BCUT2D eigenvalue weighted by Crippen LogP contribution is -2.38. The number of amidine groups is 1. The molecule has 1 unspecified atom stereocenters. The summed E-state index contributed by atoms with van der Waals surface area (Å²) in [6.07, 6.45) is 4.12. The molecule has 0 bridgehead atoms. The van der Waals surface area contributed by atoms with Crippen LogP contribution in [-0.4, -0.2) is 39.6 Å². The van der Waals surface area contributed by atoms with Gasteiger partial charge in [0, 0.05) is 34.8 Å². The summed E-state index contributed by atoms with van der Waals surface area (Å²) < 4.78 is 39.1. The second-order valence-corrected chi connectivity index (χ2v) is 10.4. The molecule has 0 spiro atoms. The van der Waals surface area contributed by atoms with Gasteiger partial charge in [0.05, 0.1) is 17.2 Å². The number of rotatable bonds is 7. The maximum absolute atomic E-state index is 14.5. The van der Waals surface area contributed by atoms with Crippen LogP contribution in [-0.2, 0) is 9.53 Å². The summed E-state index contributed by atoms with van der Waals surface area (Å²) in [4.78, 5) is 33.6. The zero-order valence-electron chi connectivity index (χ0n) is 20.6. The van der Waals surface area contributed by atoms with Crippen LogP contribution in [0.25, 0.3) is 0 Å². The third-order valence-corrected chi connectivity index (χ3v) is 8.01. The van der Waals surface area contributed by atoms with E-state index in [0.717, 1.165) is 6.07 Å². The Morgan fingerprint density at radius 1 is 1.23 bits per heavy atom. The molecule has 0 radical (unpaired) electrons. The number of hydrogen-bond donors (Lipinski definition) is 2. The monoisotopic (exact) mass is 576 g/mol. The Hall–Kier alpha value is -3.64. The standard InChI is InChI=1S/C26H23ClF2N4O5S/c1-2-37-26(36)18-21(13-5-3-12(4-6-13)17-11-16(25(34)35)33-38-17)31-23(24-30-9-10-39-24)32-22(18)14-7-8-15(28)20(29)19(14)27/h7-13,22H,2-6H2,1H3,(H,31,32)(H,34,35)/t12-,13-,22?. The number of esters is 1. The molecule has 1 atom stereocenters. The first-order valence-corrected chi connectivity index (χ1v) is 13.5. The summed E-state index contributed by atoms with van der Waals surface area (Å²) in [5, 5.41) is 17.9. The number of carbonyl (C=O) groups is 2. The average Bonchev–Trinajstić information content (AvgIpc) is 3.65. The van der Waals surface area contributed by atoms with Crippen molar-refractivity contribution in [1.29, 1.82) is 0 Å². The van der Waals surface area contributed by atoms with Crippen LogP contribution in [0.15, 0.2) is 50.6 Å². The minimum atomic E-state index is -1.23. The van der Waals surface area contributed by atoms with Gasteiger partial charge in [0.2, 0.25) is 0 Å². The number of aromatic nitrogens is 2. The predicted molar refractivity (Wildman–Crippen MR) is 138 cm³/mol. The van der Waals surface area contributed by atoms with E-state index in [-0.39, 0.29) is 35.3 Å². The highest BCUT2D eigenvalue weighted by molar-refractivity contribution is 7.11. The second-order valence-electron chi connectivity index (χ2n) is 9.12. The van der Waals surface area contributed by atoms with Crippen LogP contribution in [0.4, 0.5) is 8.78 Å². The molecule has 1 aliphatic heterocycles. The maximum atomic E-state index is 14.5. The van der Waals surface area contributed by atoms with Crippen LogP contribution >= 0.6 is 22.9 Å². The first-order chi connectivity index (χ1) is 18.8. The number of carboxylic acid groups (broad SMARTS) is 1. The summed E-state index contributed by atoms with van der Waals surface area (Å²) in [5.41, 5.74) is 0.704. The third-order valence-electron chi connectivity index (χ3n) is 6.85. The third kappa shape index (κ3) is 5.30. The van der Waals surface area contributed by atoms with Crippen molar-refractivity contribution in [2.24, 2.45) is 10.9 Å². The first-order valence-electron chi connectivity index (χ1n) is 12.3. The van der Waals surface area contributed by atoms with Gasteiger partial charge in [-0.3, -0.25) is 4.99 Å². The molecule has 2 aromatic heterocycles. The highest BCUT2D eigenvalue weighted by Crippen LogP contribution is 2.44. The molecule has 3 heterocycles. The van der Waals surface area contributed by atoms with Crippen molar-refractivity contribution in [2.45, 2.75) is 44.6 Å². The number of hydrogen-bond acceptors (Lipinski definition) is 9. The summed E-state index contributed by atoms with van der Waals surface area (Å²) in [5.74, 6) is -3.46. The molecular formula is C26H23ClF2N4O5S. The lowest BCUT2D eigenvalue weighted by atomic mass is 9.77. The largest absolute Gasteiger partial charge is 0.476 e. The highest BCUT2D eigenvalue weighted by Gasteiger charge is 2.39. The topological polar surface area (TPSA) is 127 Å². The molecule has 1 saturated carbocycles. The second kappa shape index (κ2) is 11.2. The van der Waals surface area contributed by atoms with Crippen LogP contribution in [0.1, 0.15) is 71.4 Å². The van der Waals surface area contributed by atoms with Gasteiger partial charge in [0.25, 0.3) is 0 Å². The number of nitrogens with zero attached hydrogens (tertiary/aromatic N) is 3. The van der Waals surface area contributed by atoms with Crippen molar-refractivity contribution in [3.05, 3.63) is 79.7 Å². The van der Waals surface area contributed by atoms with Crippen LogP contribution in [0.5, 0.6) is 0 Å². The van der Waals surface area contributed by atoms with E-state index in [9.17, 15) is 18.4 Å². The Morgan fingerprint density at radius 3 is 2.62 bits per heavy atom. The zero-order chi connectivity index (χ0) is 27.7. The number of thiazole rings is 1. The number of allylic oxidation sites excluding steroid dienone is 1. The Bertz CT molecular complexity index is 1460. The minimum Gasteiger partial charge on any atom is -0.476 e. The van der Waals surface area contributed by atoms with Gasteiger partial charge in [0.1, 0.15) is 11.8 Å². The SMILES string of the molecule is CCOC(=O)C1=C([C@H]2CC[C@H](c3cc(C(=O)O)no3)CC2)NC(c2nccs2)=NC1c1ccc(F)c(F)c1Cl. The van der Waals surface area contributed by atoms with E-state index in [2.05, 4.69) is 20.4 Å². The molecule has 39 heavy (non-hydrogen) atoms. The quantitative estimate of drug-likeness (QED) is 0.273. The maximum Gasteiger partial charge on any atom is 0.358 e. The number of ether oxygens (including phenoxy) is 1. The van der Waals surface area contributed by atoms with Gasteiger partial charge in [-0.2, -0.15) is 0 Å². The fraction of sp³-hybridized carbons (Fsp3) is 0.346. The fourth-order valence-electron chi connectivity index (χ4n) is 5.00. The Kier molecular flexibility index (Phi) is 7.76. The van der Waals surface area contributed by atoms with Gasteiger partial charge < -0.3 is 19.7 Å². The molecule has 0 saturated heterocycles. The molecule has 3 aromatic rings. The summed E-state index contributed by atoms with van der Waals surface area (Å²) in [6, 6.07) is 2.64. The lowest BCUT2D eigenvalue weighted by molar-refractivity contribution is -0.139. The van der Waals surface area contributed by atoms with Crippen molar-refractivity contribution in [3.8, 4) is 0 Å². The van der Waals surface area contributed by atoms with Gasteiger partial charge in [-0.05, 0) is 44.6 Å². The molecule has 9 nitrogen and oxygen atoms in total. The van der Waals surface area contributed by atoms with Crippen LogP contribution < -0.4 is 5.32 Å². The van der Waals surface area contributed by atoms with Crippen molar-refractivity contribution in [1.82, 2.24) is 15.5 Å². The van der Waals surface area contributed by atoms with Gasteiger partial charge in [0.15, 0.2) is 28.2 Å². The van der Waals surface area contributed by atoms with E-state index in [0.29, 0.717) is 48.0 Å². The summed E-state index contributed by atoms with van der Waals surface area (Å²) in [7, 11) is 0. The molecule has 1 fully saturated rings. The van der Waals surface area contributed by atoms with Gasteiger partial charge >= 0.3 is 11.9 Å². The molecular weight excluding hydrogens is 554 g/mol. The Labute approximate surface area is 230 Å². The molecule has 13 heteroatoms. The smallest absolute Gasteiger partial charge is 0.358 e. The number of nitrogens with one attached hydrogen (secondary N) is 1. The zero-order valence-corrected chi connectivity index (χ0v) is 22.2. The van der Waals surface area contributed by atoms with Crippen LogP contribution in [0, 0.1) is 17.6 Å². The van der Waals surface area contributed by atoms with E-state index in [1.807, 2.05) is 0 Å². The summed E-state index contributed by atoms with van der Waals surface area (Å²) in [6.45, 7) is 1.77. The molecule has 2 N–H and O–H groups in total. The first kappa shape index (κ1) is 26.9. The minimum absolute atomic E-state index is 0.0411. The average molecular weight is 577 g/mol. The van der Waals surface area contributed by atoms with E-state index >= 15 is 0 Å². The molecule has 204 valence electrons. The van der Waals surface area contributed by atoms with Crippen LogP contribution in [0.3, 0.4) is 0 Å². The van der Waals surface area contributed by atoms with Crippen molar-refractivity contribution >= 4 is 40.7 Å². The van der Waals surface area contributed by atoms with E-state index < -0.39 is 34.6 Å². The number of carboxylic acids is 1. The van der Waals surface area contributed by atoms with Crippen molar-refractivity contribution in [3.63, 3.8) is 0 Å². The Balaban J connectivity index is 1.54. The summed E-state index contributed by atoms with van der Waals surface area (Å²) >= 11 is 7.58. The molecule has 2 aliphatic rings. The van der Waals surface area contributed by atoms with Crippen LogP contribution in [0.2, 0.25) is 5.02 Å². The molecule has 1 aliphatic carbocycles. The van der Waals surface area contributed by atoms with E-state index in [4.69, 9.17) is 26.0 Å². The number of halogens is 3. The number of aliphatic imine (C=N–C) groups is 1. The van der Waals surface area contributed by atoms with E-state index in [1.165, 1.54) is 23.5 Å². The number of aromatic carboxylic acids is 1. The molecule has 0 amide bonds. The number of benzene rings is 1. The Morgan fingerprint density at radius 2 is 1.97 bits per heavy atom. The van der Waals surface area contributed by atoms with Crippen molar-refractivity contribution < 1.29 is 32.7 Å².